The highest BCUT2D eigenvalue weighted by atomic mass is 16.5. The highest BCUT2D eigenvalue weighted by Gasteiger charge is 2.56. The zero-order valence-corrected chi connectivity index (χ0v) is 15.5. The Labute approximate surface area is 146 Å². The minimum absolute atomic E-state index is 0.459. The van der Waals surface area contributed by atoms with Crippen LogP contribution in [-0.2, 0) is 11.2 Å². The Hall–Kier alpha value is -1.02. The molecule has 2 fully saturated rings. The van der Waals surface area contributed by atoms with Gasteiger partial charge in [-0.05, 0) is 98.3 Å². The number of benzene rings is 1. The van der Waals surface area contributed by atoms with Gasteiger partial charge in [0.25, 0.3) is 0 Å². The van der Waals surface area contributed by atoms with Crippen molar-refractivity contribution in [2.45, 2.75) is 70.8 Å². The van der Waals surface area contributed by atoms with Crippen LogP contribution in [0.4, 0.5) is 0 Å². The van der Waals surface area contributed by atoms with E-state index >= 15 is 0 Å². The Morgan fingerprint density at radius 2 is 2.00 bits per heavy atom. The lowest BCUT2D eigenvalue weighted by Crippen LogP contribution is -2.46. The number of methoxy groups -OCH3 is 1. The van der Waals surface area contributed by atoms with E-state index in [2.05, 4.69) is 32.0 Å². The van der Waals surface area contributed by atoms with Crippen LogP contribution in [0.1, 0.15) is 69.4 Å². The van der Waals surface area contributed by atoms with Gasteiger partial charge in [0, 0.05) is 6.61 Å². The molecule has 2 nitrogen and oxygen atoms in total. The summed E-state index contributed by atoms with van der Waals surface area (Å²) in [6, 6.07) is 6.81. The molecule has 2 saturated carbocycles. The van der Waals surface area contributed by atoms with Gasteiger partial charge in [-0.25, -0.2) is 0 Å². The SMILES string of the molecule is CCO[C@H]1CC[C@H]2[C@@H]3CCc4cc(OC)ccc4[C@H]3CC[C@]12CC. The number of ether oxygens (including phenoxy) is 2. The van der Waals surface area contributed by atoms with Crippen LogP contribution < -0.4 is 4.74 Å². The van der Waals surface area contributed by atoms with E-state index in [1.165, 1.54) is 44.9 Å². The van der Waals surface area contributed by atoms with Crippen molar-refractivity contribution in [1.29, 1.82) is 0 Å². The smallest absolute Gasteiger partial charge is 0.119 e. The molecule has 2 heteroatoms. The van der Waals surface area contributed by atoms with Crippen molar-refractivity contribution in [3.8, 4) is 5.75 Å². The summed E-state index contributed by atoms with van der Waals surface area (Å²) in [7, 11) is 1.77. The van der Waals surface area contributed by atoms with Crippen LogP contribution in [0.25, 0.3) is 0 Å². The van der Waals surface area contributed by atoms with Crippen LogP contribution in [0.3, 0.4) is 0 Å². The molecular formula is C22H32O2. The molecular weight excluding hydrogens is 296 g/mol. The van der Waals surface area contributed by atoms with Crippen LogP contribution in [0, 0.1) is 17.3 Å². The van der Waals surface area contributed by atoms with Gasteiger partial charge in [-0.2, -0.15) is 0 Å². The van der Waals surface area contributed by atoms with E-state index in [4.69, 9.17) is 9.47 Å². The van der Waals surface area contributed by atoms with Crippen LogP contribution in [0.2, 0.25) is 0 Å². The Bertz CT molecular complexity index is 596. The lowest BCUT2D eigenvalue weighted by molar-refractivity contribution is -0.0734. The summed E-state index contributed by atoms with van der Waals surface area (Å²) in [5, 5.41) is 0. The van der Waals surface area contributed by atoms with E-state index < -0.39 is 0 Å². The second-order valence-corrected chi connectivity index (χ2v) is 8.13. The molecule has 24 heavy (non-hydrogen) atoms. The van der Waals surface area contributed by atoms with Gasteiger partial charge < -0.3 is 9.47 Å². The maximum Gasteiger partial charge on any atom is 0.119 e. The summed E-state index contributed by atoms with van der Waals surface area (Å²) in [5.41, 5.74) is 3.62. The van der Waals surface area contributed by atoms with E-state index in [0.29, 0.717) is 11.5 Å². The standard InChI is InChI=1S/C22H32O2/c1-4-22-13-12-18-17-9-7-16(23-3)14-15(17)6-8-19(18)20(22)10-11-21(22)24-5-2/h7,9,14,18-21H,4-6,8,10-13H2,1-3H3/t18-,19-,20+,21+,22+/m1/s1. The van der Waals surface area contributed by atoms with Crippen molar-refractivity contribution in [3.05, 3.63) is 29.3 Å². The van der Waals surface area contributed by atoms with Crippen molar-refractivity contribution in [3.63, 3.8) is 0 Å². The predicted octanol–water partition coefficient (Wildman–Crippen LogP) is 5.35. The zero-order valence-electron chi connectivity index (χ0n) is 15.5. The fourth-order valence-electron chi connectivity index (χ4n) is 6.57. The van der Waals surface area contributed by atoms with Crippen molar-refractivity contribution < 1.29 is 9.47 Å². The lowest BCUT2D eigenvalue weighted by atomic mass is 9.54. The first-order valence-electron chi connectivity index (χ1n) is 10.0. The van der Waals surface area contributed by atoms with Gasteiger partial charge in [0.05, 0.1) is 13.2 Å². The largest absolute Gasteiger partial charge is 0.497 e. The average Bonchev–Trinajstić information content (AvgIpc) is 3.00. The van der Waals surface area contributed by atoms with Gasteiger partial charge in [0.1, 0.15) is 5.75 Å². The number of fused-ring (bicyclic) bond motifs is 5. The molecule has 3 aliphatic rings. The fraction of sp³-hybridized carbons (Fsp3) is 0.727. The molecule has 1 aromatic rings. The van der Waals surface area contributed by atoms with E-state index in [0.717, 1.165) is 30.1 Å². The third-order valence-corrected chi connectivity index (χ3v) is 7.60. The molecule has 0 aromatic heterocycles. The van der Waals surface area contributed by atoms with Crippen molar-refractivity contribution in [1.82, 2.24) is 0 Å². The first kappa shape index (κ1) is 16.4. The molecule has 0 unspecified atom stereocenters. The molecule has 0 aliphatic heterocycles. The summed E-state index contributed by atoms with van der Waals surface area (Å²) in [6.45, 7) is 5.44. The molecule has 132 valence electrons. The van der Waals surface area contributed by atoms with Gasteiger partial charge in [-0.1, -0.05) is 13.0 Å². The summed E-state index contributed by atoms with van der Waals surface area (Å²) in [4.78, 5) is 0. The number of rotatable bonds is 4. The zero-order chi connectivity index (χ0) is 16.7. The summed E-state index contributed by atoms with van der Waals surface area (Å²) >= 11 is 0. The summed E-state index contributed by atoms with van der Waals surface area (Å²) in [6.07, 6.45) is 9.75. The first-order valence-corrected chi connectivity index (χ1v) is 10.0. The molecule has 5 atom stereocenters. The number of hydrogen-bond acceptors (Lipinski definition) is 2. The second-order valence-electron chi connectivity index (χ2n) is 8.13. The van der Waals surface area contributed by atoms with Gasteiger partial charge >= 0.3 is 0 Å². The van der Waals surface area contributed by atoms with E-state index in [1.807, 2.05) is 0 Å². The molecule has 0 N–H and O–H groups in total. The van der Waals surface area contributed by atoms with Crippen molar-refractivity contribution >= 4 is 0 Å². The van der Waals surface area contributed by atoms with E-state index in [-0.39, 0.29) is 0 Å². The van der Waals surface area contributed by atoms with E-state index in [9.17, 15) is 0 Å². The Morgan fingerprint density at radius 1 is 1.12 bits per heavy atom. The molecule has 0 saturated heterocycles. The third kappa shape index (κ3) is 2.33. The van der Waals surface area contributed by atoms with E-state index in [1.54, 1.807) is 18.2 Å². The molecule has 4 rings (SSSR count). The number of aryl methyl sites for hydroxylation is 1. The third-order valence-electron chi connectivity index (χ3n) is 7.60. The maximum atomic E-state index is 6.23. The van der Waals surface area contributed by atoms with Crippen LogP contribution in [0.15, 0.2) is 18.2 Å². The molecule has 0 radical (unpaired) electrons. The van der Waals surface area contributed by atoms with Crippen molar-refractivity contribution in [2.24, 2.45) is 17.3 Å². The minimum Gasteiger partial charge on any atom is -0.497 e. The van der Waals surface area contributed by atoms with Gasteiger partial charge in [0.15, 0.2) is 0 Å². The van der Waals surface area contributed by atoms with Crippen molar-refractivity contribution in [2.75, 3.05) is 13.7 Å². The molecule has 0 amide bonds. The fourth-order valence-corrected chi connectivity index (χ4v) is 6.57. The minimum atomic E-state index is 0.459. The normalized spacial score (nSPS) is 37.5. The van der Waals surface area contributed by atoms with Crippen LogP contribution >= 0.6 is 0 Å². The first-order chi connectivity index (χ1) is 11.7. The summed E-state index contributed by atoms with van der Waals surface area (Å²) < 4.78 is 11.7. The van der Waals surface area contributed by atoms with Crippen LogP contribution in [-0.4, -0.2) is 19.8 Å². The Morgan fingerprint density at radius 3 is 2.75 bits per heavy atom. The highest BCUT2D eigenvalue weighted by molar-refractivity contribution is 5.40. The average molecular weight is 328 g/mol. The Balaban J connectivity index is 1.64. The molecule has 0 spiro atoms. The molecule has 1 aromatic carbocycles. The van der Waals surface area contributed by atoms with Gasteiger partial charge in [0.2, 0.25) is 0 Å². The van der Waals surface area contributed by atoms with Gasteiger partial charge in [-0.3, -0.25) is 0 Å². The summed E-state index contributed by atoms with van der Waals surface area (Å²) in [5.74, 6) is 3.52. The quantitative estimate of drug-likeness (QED) is 0.742. The van der Waals surface area contributed by atoms with Crippen LogP contribution in [0.5, 0.6) is 5.75 Å². The maximum absolute atomic E-state index is 6.23. The Kier molecular flexibility index (Phi) is 4.36. The second kappa shape index (κ2) is 6.37. The topological polar surface area (TPSA) is 18.5 Å². The number of hydrogen-bond donors (Lipinski definition) is 0. The lowest BCUT2D eigenvalue weighted by Gasteiger charge is -2.52. The van der Waals surface area contributed by atoms with Gasteiger partial charge in [-0.15, -0.1) is 0 Å². The molecule has 0 heterocycles. The highest BCUT2D eigenvalue weighted by Crippen LogP contribution is 2.63. The monoisotopic (exact) mass is 328 g/mol. The molecule has 0 bridgehead atoms. The molecule has 3 aliphatic carbocycles. The predicted molar refractivity (Wildman–Crippen MR) is 97.6 cm³/mol.